The molecule has 0 bridgehead atoms. The molecule has 1 aliphatic rings. The van der Waals surface area contributed by atoms with Crippen LogP contribution >= 0.6 is 11.6 Å². The zero-order valence-electron chi connectivity index (χ0n) is 14.8. The molecule has 0 spiro atoms. The quantitative estimate of drug-likeness (QED) is 0.827. The second kappa shape index (κ2) is 8.05. The number of carbonyl (C=O) groups is 1. The number of carbonyl (C=O) groups excluding carboxylic acids is 1. The molecule has 1 saturated carbocycles. The van der Waals surface area contributed by atoms with Crippen LogP contribution in [0, 0.1) is 11.8 Å². The van der Waals surface area contributed by atoms with Crippen molar-refractivity contribution in [2.45, 2.75) is 52.0 Å². The molecular formula is C20H25ClN2O2. The Morgan fingerprint density at radius 1 is 1.28 bits per heavy atom. The van der Waals surface area contributed by atoms with Crippen molar-refractivity contribution in [2.24, 2.45) is 11.8 Å². The van der Waals surface area contributed by atoms with Crippen LogP contribution in [0.1, 0.15) is 45.4 Å². The number of oxazole rings is 1. The third-order valence-electron chi connectivity index (χ3n) is 5.13. The van der Waals surface area contributed by atoms with E-state index in [4.69, 9.17) is 16.0 Å². The standard InChI is InChI=1S/C20H25ClN2O2/c1-13-6-5-7-14(2)20(13)23-18(24)10-11-19-22-12-17(25-19)15-8-3-4-9-16(15)21/h3-4,8-9,12-14,20H,5-7,10-11H2,1-2H3,(H,23,24). The summed E-state index contributed by atoms with van der Waals surface area (Å²) in [6, 6.07) is 7.78. The molecule has 2 aromatic rings. The fourth-order valence-electron chi connectivity index (χ4n) is 3.66. The molecule has 5 heteroatoms. The monoisotopic (exact) mass is 360 g/mol. The van der Waals surface area contributed by atoms with Gasteiger partial charge in [-0.1, -0.05) is 44.0 Å². The van der Waals surface area contributed by atoms with E-state index in [0.717, 1.165) is 5.56 Å². The molecule has 1 aliphatic carbocycles. The highest BCUT2D eigenvalue weighted by molar-refractivity contribution is 6.33. The van der Waals surface area contributed by atoms with Crippen LogP contribution in [0.15, 0.2) is 34.9 Å². The predicted octanol–water partition coefficient (Wildman–Crippen LogP) is 4.87. The van der Waals surface area contributed by atoms with Gasteiger partial charge in [0.15, 0.2) is 11.7 Å². The summed E-state index contributed by atoms with van der Waals surface area (Å²) in [6.07, 6.45) is 6.19. The summed E-state index contributed by atoms with van der Waals surface area (Å²) in [5, 5.41) is 3.83. The Balaban J connectivity index is 1.55. The average molecular weight is 361 g/mol. The Bertz CT molecular complexity index is 718. The van der Waals surface area contributed by atoms with E-state index in [9.17, 15) is 4.79 Å². The second-order valence-electron chi connectivity index (χ2n) is 7.08. The van der Waals surface area contributed by atoms with Gasteiger partial charge in [0.2, 0.25) is 5.91 Å². The molecule has 1 N–H and O–H groups in total. The van der Waals surface area contributed by atoms with E-state index in [2.05, 4.69) is 24.1 Å². The van der Waals surface area contributed by atoms with E-state index >= 15 is 0 Å². The molecule has 1 fully saturated rings. The van der Waals surface area contributed by atoms with Crippen molar-refractivity contribution < 1.29 is 9.21 Å². The van der Waals surface area contributed by atoms with Crippen molar-refractivity contribution >= 4 is 17.5 Å². The Morgan fingerprint density at radius 3 is 2.72 bits per heavy atom. The van der Waals surface area contributed by atoms with Crippen LogP contribution in [0.4, 0.5) is 0 Å². The Morgan fingerprint density at radius 2 is 2.00 bits per heavy atom. The molecule has 0 saturated heterocycles. The van der Waals surface area contributed by atoms with Crippen LogP contribution in [0.3, 0.4) is 0 Å². The van der Waals surface area contributed by atoms with Gasteiger partial charge in [-0.3, -0.25) is 4.79 Å². The molecule has 25 heavy (non-hydrogen) atoms. The number of nitrogens with one attached hydrogen (secondary N) is 1. The molecule has 134 valence electrons. The van der Waals surface area contributed by atoms with Crippen LogP contribution in [0.2, 0.25) is 5.02 Å². The first kappa shape index (κ1) is 18.0. The first-order chi connectivity index (χ1) is 12.0. The van der Waals surface area contributed by atoms with E-state index < -0.39 is 0 Å². The van der Waals surface area contributed by atoms with Gasteiger partial charge < -0.3 is 9.73 Å². The molecule has 2 atom stereocenters. The van der Waals surface area contributed by atoms with E-state index in [1.807, 2.05) is 24.3 Å². The Labute approximate surface area is 154 Å². The largest absolute Gasteiger partial charge is 0.441 e. The van der Waals surface area contributed by atoms with Crippen LogP contribution in [0.5, 0.6) is 0 Å². The molecule has 0 radical (unpaired) electrons. The topological polar surface area (TPSA) is 55.1 Å². The third-order valence-corrected chi connectivity index (χ3v) is 5.46. The average Bonchev–Trinajstić information content (AvgIpc) is 3.06. The number of rotatable bonds is 5. The number of aromatic nitrogens is 1. The molecule has 1 aromatic carbocycles. The highest BCUT2D eigenvalue weighted by Crippen LogP contribution is 2.29. The summed E-state index contributed by atoms with van der Waals surface area (Å²) < 4.78 is 5.76. The predicted molar refractivity (Wildman–Crippen MR) is 99.4 cm³/mol. The third kappa shape index (κ3) is 4.43. The second-order valence-corrected chi connectivity index (χ2v) is 7.48. The number of nitrogens with zero attached hydrogens (tertiary/aromatic N) is 1. The van der Waals surface area contributed by atoms with Gasteiger partial charge in [0.05, 0.1) is 11.2 Å². The Kier molecular flexibility index (Phi) is 5.79. The molecule has 4 nitrogen and oxygen atoms in total. The maximum atomic E-state index is 12.3. The number of aryl methyl sites for hydroxylation is 1. The van der Waals surface area contributed by atoms with E-state index in [1.54, 1.807) is 6.20 Å². The van der Waals surface area contributed by atoms with Gasteiger partial charge in [0, 0.05) is 24.4 Å². The van der Waals surface area contributed by atoms with Crippen LogP contribution in [0.25, 0.3) is 11.3 Å². The smallest absolute Gasteiger partial charge is 0.220 e. The van der Waals surface area contributed by atoms with Crippen LogP contribution < -0.4 is 5.32 Å². The number of amides is 1. The maximum Gasteiger partial charge on any atom is 0.220 e. The number of hydrogen-bond acceptors (Lipinski definition) is 3. The summed E-state index contributed by atoms with van der Waals surface area (Å²) >= 11 is 6.18. The minimum atomic E-state index is 0.0723. The van der Waals surface area contributed by atoms with E-state index in [1.165, 1.54) is 19.3 Å². The molecule has 1 aromatic heterocycles. The zero-order valence-corrected chi connectivity index (χ0v) is 15.6. The number of hydrogen-bond donors (Lipinski definition) is 1. The molecule has 2 unspecified atom stereocenters. The van der Waals surface area contributed by atoms with Crippen molar-refractivity contribution in [1.29, 1.82) is 0 Å². The lowest BCUT2D eigenvalue weighted by Crippen LogP contribution is -2.45. The van der Waals surface area contributed by atoms with Crippen molar-refractivity contribution in [2.75, 3.05) is 0 Å². The highest BCUT2D eigenvalue weighted by atomic mass is 35.5. The fourth-order valence-corrected chi connectivity index (χ4v) is 3.89. The van der Waals surface area contributed by atoms with Crippen molar-refractivity contribution in [3.05, 3.63) is 41.4 Å². The van der Waals surface area contributed by atoms with Crippen LogP contribution in [-0.4, -0.2) is 16.9 Å². The Hall–Kier alpha value is -1.81. The van der Waals surface area contributed by atoms with Crippen LogP contribution in [-0.2, 0) is 11.2 Å². The lowest BCUT2D eigenvalue weighted by atomic mass is 9.78. The first-order valence-electron chi connectivity index (χ1n) is 9.03. The van der Waals surface area contributed by atoms with Gasteiger partial charge in [-0.05, 0) is 36.8 Å². The summed E-state index contributed by atoms with van der Waals surface area (Å²) in [7, 11) is 0. The van der Waals surface area contributed by atoms with Gasteiger partial charge in [0.1, 0.15) is 0 Å². The van der Waals surface area contributed by atoms with Gasteiger partial charge in [0.25, 0.3) is 0 Å². The fraction of sp³-hybridized carbons (Fsp3) is 0.500. The SMILES string of the molecule is CC1CCCC(C)C1NC(=O)CCc1ncc(-c2ccccc2Cl)o1. The summed E-state index contributed by atoms with van der Waals surface area (Å²) in [5.74, 6) is 2.36. The normalized spacial score (nSPS) is 23.4. The first-order valence-corrected chi connectivity index (χ1v) is 9.41. The highest BCUT2D eigenvalue weighted by Gasteiger charge is 2.28. The summed E-state index contributed by atoms with van der Waals surface area (Å²) in [5.41, 5.74) is 0.817. The minimum Gasteiger partial charge on any atom is -0.441 e. The zero-order chi connectivity index (χ0) is 17.8. The minimum absolute atomic E-state index is 0.0723. The molecule has 0 aliphatic heterocycles. The van der Waals surface area contributed by atoms with Gasteiger partial charge in [-0.15, -0.1) is 0 Å². The van der Waals surface area contributed by atoms with Crippen molar-refractivity contribution in [1.82, 2.24) is 10.3 Å². The lowest BCUT2D eigenvalue weighted by molar-refractivity contribution is -0.122. The van der Waals surface area contributed by atoms with E-state index in [-0.39, 0.29) is 11.9 Å². The van der Waals surface area contributed by atoms with Gasteiger partial charge in [-0.2, -0.15) is 0 Å². The lowest BCUT2D eigenvalue weighted by Gasteiger charge is -2.35. The number of benzene rings is 1. The molecule has 1 heterocycles. The van der Waals surface area contributed by atoms with Crippen molar-refractivity contribution in [3.63, 3.8) is 0 Å². The summed E-state index contributed by atoms with van der Waals surface area (Å²) in [4.78, 5) is 16.6. The molecule has 3 rings (SSSR count). The summed E-state index contributed by atoms with van der Waals surface area (Å²) in [6.45, 7) is 4.45. The van der Waals surface area contributed by atoms with Gasteiger partial charge in [-0.25, -0.2) is 4.98 Å². The molecular weight excluding hydrogens is 336 g/mol. The van der Waals surface area contributed by atoms with Gasteiger partial charge >= 0.3 is 0 Å². The van der Waals surface area contributed by atoms with Crippen molar-refractivity contribution in [3.8, 4) is 11.3 Å². The van der Waals surface area contributed by atoms with E-state index in [0.29, 0.717) is 41.4 Å². The maximum absolute atomic E-state index is 12.3. The molecule has 1 amide bonds. The number of halogens is 1.